The number of nitrogens with zero attached hydrogens (tertiary/aromatic N) is 3. The van der Waals surface area contributed by atoms with Gasteiger partial charge in [-0.1, -0.05) is 63.2 Å². The van der Waals surface area contributed by atoms with Crippen LogP contribution in [0.3, 0.4) is 0 Å². The first kappa shape index (κ1) is 23.0. The van der Waals surface area contributed by atoms with Crippen molar-refractivity contribution in [2.45, 2.75) is 51.4 Å². The second kappa shape index (κ2) is 10.2. The Balaban J connectivity index is 2.00. The van der Waals surface area contributed by atoms with E-state index in [0.717, 1.165) is 24.2 Å². The van der Waals surface area contributed by atoms with E-state index < -0.39 is 6.17 Å². The van der Waals surface area contributed by atoms with Crippen molar-refractivity contribution in [1.29, 1.82) is 0 Å². The third-order valence-electron chi connectivity index (χ3n) is 5.56. The molecule has 1 atom stereocenters. The van der Waals surface area contributed by atoms with Crippen molar-refractivity contribution in [3.63, 3.8) is 0 Å². The molecule has 0 radical (unpaired) electrons. The summed E-state index contributed by atoms with van der Waals surface area (Å²) in [7, 11) is 0. The largest absolute Gasteiger partial charge is 0.493 e. The Bertz CT molecular complexity index is 1210. The highest BCUT2D eigenvalue weighted by atomic mass is 32.2. The van der Waals surface area contributed by atoms with E-state index in [1.807, 2.05) is 62.4 Å². The SMILES string of the molecule is CCCCOc1ccccc1[C@H]1N(C(=O)CC)c2ccccc2-c2c(=O)[nH]c(SCC)n[n+]21. The Morgan fingerprint density at radius 2 is 1.91 bits per heavy atom. The number of ether oxygens (including phenoxy) is 1. The molecule has 8 heteroatoms. The maximum Gasteiger partial charge on any atom is 0.325 e. The fourth-order valence-corrected chi connectivity index (χ4v) is 4.63. The number of hydrogen-bond donors (Lipinski definition) is 1. The number of aromatic amines is 1. The number of hydrogen-bond acceptors (Lipinski definition) is 5. The maximum atomic E-state index is 13.3. The van der Waals surface area contributed by atoms with Crippen LogP contribution in [-0.4, -0.2) is 28.3 Å². The summed E-state index contributed by atoms with van der Waals surface area (Å²) in [5.74, 6) is 1.40. The lowest BCUT2D eigenvalue weighted by atomic mass is 10.0. The molecular formula is C25H29N4O3S+. The molecule has 3 aromatic rings. The first-order valence-electron chi connectivity index (χ1n) is 11.4. The highest BCUT2D eigenvalue weighted by Gasteiger charge is 2.46. The number of anilines is 1. The third kappa shape index (κ3) is 4.39. The van der Waals surface area contributed by atoms with Gasteiger partial charge in [-0.3, -0.25) is 14.6 Å². The van der Waals surface area contributed by atoms with E-state index in [4.69, 9.17) is 9.84 Å². The topological polar surface area (TPSA) is 79.2 Å². The standard InChI is InChI=1S/C25H28N4O3S/c1-4-7-16-32-20-15-11-9-13-18(20)24-28(21(30)5-2)19-14-10-8-12-17(19)22-23(31)26-25(33-6-3)27-29(22)24/h8-15,24H,4-7,16H2,1-3H3/p+1/t24-/m0/s1. The van der Waals surface area contributed by atoms with Gasteiger partial charge in [0.1, 0.15) is 5.75 Å². The van der Waals surface area contributed by atoms with Crippen molar-refractivity contribution in [2.24, 2.45) is 0 Å². The number of thioether (sulfide) groups is 1. The summed E-state index contributed by atoms with van der Waals surface area (Å²) in [6.45, 7) is 6.54. The summed E-state index contributed by atoms with van der Waals surface area (Å²) in [4.78, 5) is 31.3. The zero-order valence-electron chi connectivity index (χ0n) is 19.2. The van der Waals surface area contributed by atoms with E-state index in [2.05, 4.69) is 11.9 Å². The minimum absolute atomic E-state index is 0.0549. The monoisotopic (exact) mass is 465 g/mol. The molecule has 1 aliphatic rings. The van der Waals surface area contributed by atoms with Crippen LogP contribution in [0.15, 0.2) is 58.5 Å². The maximum absolute atomic E-state index is 13.3. The normalized spacial score (nSPS) is 14.5. The summed E-state index contributed by atoms with van der Waals surface area (Å²) in [5.41, 5.74) is 2.37. The molecule has 2 heterocycles. The molecule has 0 bridgehead atoms. The molecule has 0 spiro atoms. The lowest BCUT2D eigenvalue weighted by Gasteiger charge is -2.32. The Kier molecular flexibility index (Phi) is 7.13. The summed E-state index contributed by atoms with van der Waals surface area (Å²) in [5, 5.41) is 5.32. The zero-order valence-corrected chi connectivity index (χ0v) is 20.0. The number of H-pyrrole nitrogens is 1. The van der Waals surface area contributed by atoms with Crippen LogP contribution in [0.25, 0.3) is 11.3 Å². The summed E-state index contributed by atoms with van der Waals surface area (Å²) in [6, 6.07) is 15.2. The second-order valence-corrected chi connectivity index (χ2v) is 8.99. The van der Waals surface area contributed by atoms with Crippen molar-refractivity contribution in [2.75, 3.05) is 17.3 Å². The Morgan fingerprint density at radius 3 is 2.67 bits per heavy atom. The van der Waals surface area contributed by atoms with Gasteiger partial charge in [-0.05, 0) is 41.1 Å². The lowest BCUT2D eigenvalue weighted by molar-refractivity contribution is -0.763. The van der Waals surface area contributed by atoms with Crippen LogP contribution in [0, 0.1) is 0 Å². The first-order chi connectivity index (χ1) is 16.1. The van der Waals surface area contributed by atoms with E-state index in [1.165, 1.54) is 11.8 Å². The van der Waals surface area contributed by atoms with Gasteiger partial charge >= 0.3 is 11.3 Å². The first-order valence-corrected chi connectivity index (χ1v) is 12.4. The number of unbranched alkanes of at least 4 members (excludes halogenated alkanes) is 1. The van der Waals surface area contributed by atoms with Gasteiger partial charge in [-0.25, -0.2) is 4.90 Å². The number of para-hydroxylation sites is 2. The minimum atomic E-state index is -0.640. The average Bonchev–Trinajstić information content (AvgIpc) is 2.83. The van der Waals surface area contributed by atoms with Gasteiger partial charge in [0, 0.05) is 11.5 Å². The van der Waals surface area contributed by atoms with Crippen LogP contribution in [0.4, 0.5) is 5.69 Å². The van der Waals surface area contributed by atoms with Crippen LogP contribution >= 0.6 is 11.8 Å². The van der Waals surface area contributed by atoms with Gasteiger partial charge in [0.25, 0.3) is 6.17 Å². The summed E-state index contributed by atoms with van der Waals surface area (Å²) >= 11 is 1.46. The fraction of sp³-hybridized carbons (Fsp3) is 0.360. The molecule has 1 aliphatic heterocycles. The third-order valence-corrected chi connectivity index (χ3v) is 6.31. The number of aromatic nitrogens is 3. The molecule has 0 saturated carbocycles. The molecule has 2 aromatic carbocycles. The number of fused-ring (bicyclic) bond motifs is 3. The van der Waals surface area contributed by atoms with E-state index in [9.17, 15) is 9.59 Å². The smallest absolute Gasteiger partial charge is 0.325 e. The number of amides is 1. The average molecular weight is 466 g/mol. The lowest BCUT2D eigenvalue weighted by Crippen LogP contribution is -2.61. The van der Waals surface area contributed by atoms with Crippen molar-refractivity contribution >= 4 is 23.4 Å². The highest BCUT2D eigenvalue weighted by molar-refractivity contribution is 7.99. The van der Waals surface area contributed by atoms with Gasteiger partial charge in [0.2, 0.25) is 11.1 Å². The second-order valence-electron chi connectivity index (χ2n) is 7.73. The van der Waals surface area contributed by atoms with Crippen molar-refractivity contribution in [3.8, 4) is 17.0 Å². The molecule has 1 N–H and O–H groups in total. The fourth-order valence-electron chi connectivity index (χ4n) is 4.05. The highest BCUT2D eigenvalue weighted by Crippen LogP contribution is 2.39. The van der Waals surface area contributed by atoms with Gasteiger partial charge in [0.05, 0.1) is 23.4 Å². The Morgan fingerprint density at radius 1 is 1.15 bits per heavy atom. The molecule has 0 unspecified atom stereocenters. The van der Waals surface area contributed by atoms with E-state index in [0.29, 0.717) is 40.9 Å². The predicted molar refractivity (Wildman–Crippen MR) is 130 cm³/mol. The molecule has 0 aliphatic carbocycles. The summed E-state index contributed by atoms with van der Waals surface area (Å²) in [6.07, 6.45) is 1.63. The van der Waals surface area contributed by atoms with Crippen LogP contribution < -0.4 is 19.9 Å². The molecular weight excluding hydrogens is 436 g/mol. The molecule has 0 fully saturated rings. The molecule has 1 aromatic heterocycles. The van der Waals surface area contributed by atoms with E-state index >= 15 is 0 Å². The minimum Gasteiger partial charge on any atom is -0.493 e. The quantitative estimate of drug-likeness (QED) is 0.305. The number of carbonyl (C=O) groups excluding carboxylic acids is 1. The van der Waals surface area contributed by atoms with Crippen LogP contribution in [0.5, 0.6) is 5.75 Å². The van der Waals surface area contributed by atoms with Crippen LogP contribution in [-0.2, 0) is 4.79 Å². The van der Waals surface area contributed by atoms with Crippen molar-refractivity contribution in [3.05, 3.63) is 64.4 Å². The van der Waals surface area contributed by atoms with Gasteiger partial charge in [0.15, 0.2) is 0 Å². The van der Waals surface area contributed by atoms with Crippen molar-refractivity contribution < 1.29 is 14.2 Å². The van der Waals surface area contributed by atoms with Gasteiger partial charge in [-0.15, -0.1) is 0 Å². The van der Waals surface area contributed by atoms with Crippen LogP contribution in [0.2, 0.25) is 0 Å². The van der Waals surface area contributed by atoms with Gasteiger partial charge < -0.3 is 4.74 Å². The molecule has 172 valence electrons. The summed E-state index contributed by atoms with van der Waals surface area (Å²) < 4.78 is 7.82. The van der Waals surface area contributed by atoms with Gasteiger partial charge in [-0.2, -0.15) is 0 Å². The Labute approximate surface area is 197 Å². The number of rotatable bonds is 8. The molecule has 0 saturated heterocycles. The van der Waals surface area contributed by atoms with Crippen molar-refractivity contribution in [1.82, 2.24) is 10.1 Å². The molecule has 1 amide bonds. The molecule has 33 heavy (non-hydrogen) atoms. The number of benzene rings is 2. The van der Waals surface area contributed by atoms with Crippen LogP contribution in [0.1, 0.15) is 51.8 Å². The zero-order chi connectivity index (χ0) is 23.4. The number of nitrogens with one attached hydrogen (secondary N) is 1. The van der Waals surface area contributed by atoms with E-state index in [1.54, 1.807) is 9.58 Å². The molecule has 4 rings (SSSR count). The number of carbonyl (C=O) groups is 1. The van der Waals surface area contributed by atoms with E-state index in [-0.39, 0.29) is 11.5 Å². The molecule has 7 nitrogen and oxygen atoms in total. The Hall–Kier alpha value is -3.13. The predicted octanol–water partition coefficient (Wildman–Crippen LogP) is 4.32.